The molecule has 11 heteroatoms. The Balaban J connectivity index is 1.69. The Morgan fingerprint density at radius 1 is 0.889 bits per heavy atom. The molecule has 0 aliphatic heterocycles. The van der Waals surface area contributed by atoms with Gasteiger partial charge in [-0.2, -0.15) is 18.6 Å². The van der Waals surface area contributed by atoms with Crippen LogP contribution in [0.1, 0.15) is 5.56 Å². The van der Waals surface area contributed by atoms with Crippen LogP contribution in [0.4, 0.5) is 11.4 Å². The minimum Gasteiger partial charge on any atom is -0.388 e. The zero-order chi connectivity index (χ0) is 26.0. The first-order chi connectivity index (χ1) is 17.3. The van der Waals surface area contributed by atoms with E-state index in [0.29, 0.717) is 11.4 Å². The van der Waals surface area contributed by atoms with Crippen molar-refractivity contribution < 1.29 is 27.9 Å². The number of hydrogen-bond donors (Lipinski definition) is 5. The van der Waals surface area contributed by atoms with Crippen LogP contribution in [0.3, 0.4) is 0 Å². The minimum atomic E-state index is -4.17. The molecular weight excluding hydrogens is 484 g/mol. The maximum absolute atomic E-state index is 12.4. The highest BCUT2D eigenvalue weighted by Crippen LogP contribution is 2.15. The quantitative estimate of drug-likeness (QED) is 0.141. The minimum absolute atomic E-state index is 0.0937. The number of aliphatic hydroxyl groups excluding tert-OH is 3. The second kappa shape index (κ2) is 12.9. The van der Waals surface area contributed by atoms with E-state index in [4.69, 9.17) is 4.18 Å². The van der Waals surface area contributed by atoms with E-state index in [1.807, 2.05) is 31.2 Å². The number of rotatable bonds is 12. The topological polar surface area (TPSA) is 153 Å². The average Bonchev–Trinajstić information content (AvgIpc) is 2.90. The molecule has 0 aliphatic carbocycles. The Hall–Kier alpha value is -3.61. The molecule has 0 spiro atoms. The summed E-state index contributed by atoms with van der Waals surface area (Å²) in [5.74, 6) is 0. The molecule has 36 heavy (non-hydrogen) atoms. The molecule has 0 saturated carbocycles. The van der Waals surface area contributed by atoms with Gasteiger partial charge in [0.05, 0.1) is 29.1 Å². The van der Waals surface area contributed by atoms with Gasteiger partial charge in [0.15, 0.2) is 0 Å². The molecule has 0 aliphatic rings. The molecule has 3 aromatic carbocycles. The molecule has 3 atom stereocenters. The van der Waals surface area contributed by atoms with Crippen LogP contribution in [0.25, 0.3) is 0 Å². The highest BCUT2D eigenvalue weighted by atomic mass is 32.2. The summed E-state index contributed by atoms with van der Waals surface area (Å²) in [7, 11) is -4.17. The van der Waals surface area contributed by atoms with Gasteiger partial charge in [-0.15, -0.1) is 0 Å². The molecular formula is C25H28N4O6S. The van der Waals surface area contributed by atoms with Crippen molar-refractivity contribution in [2.45, 2.75) is 30.1 Å². The SMILES string of the molecule is Cc1ccc(S(=O)(=O)OC[C@H](O)[C@H](O)[C@H](O)C(/C=N/Nc2ccccc2)=N/Nc2ccccc2)cc1. The third kappa shape index (κ3) is 7.97. The lowest BCUT2D eigenvalue weighted by Gasteiger charge is -2.22. The molecule has 0 unspecified atom stereocenters. The van der Waals surface area contributed by atoms with Gasteiger partial charge in [-0.3, -0.25) is 15.0 Å². The lowest BCUT2D eigenvalue weighted by molar-refractivity contribution is -0.0497. The molecule has 3 aromatic rings. The standard InChI is InChI=1S/C25H28N4O6S/c1-18-12-14-21(15-13-18)36(33,34)35-17-23(30)25(32)24(31)22(29-28-20-10-6-3-7-11-20)16-26-27-19-8-4-2-5-9-19/h2-16,23-25,27-28,30-32H,17H2,1H3/b26-16+,29-22+/t23-,24+,25-/m0/s1. The first kappa shape index (κ1) is 27.0. The fourth-order valence-corrected chi connectivity index (χ4v) is 3.84. The number of aryl methyl sites for hydroxylation is 1. The van der Waals surface area contributed by atoms with Gasteiger partial charge in [0.2, 0.25) is 0 Å². The van der Waals surface area contributed by atoms with E-state index in [1.165, 1.54) is 18.3 Å². The summed E-state index contributed by atoms with van der Waals surface area (Å²) >= 11 is 0. The van der Waals surface area contributed by atoms with E-state index < -0.39 is 35.0 Å². The molecule has 0 radical (unpaired) electrons. The molecule has 10 nitrogen and oxygen atoms in total. The van der Waals surface area contributed by atoms with E-state index >= 15 is 0 Å². The van der Waals surface area contributed by atoms with Crippen molar-refractivity contribution >= 4 is 33.4 Å². The molecule has 0 aromatic heterocycles. The van der Waals surface area contributed by atoms with Crippen LogP contribution in [-0.4, -0.2) is 60.6 Å². The largest absolute Gasteiger partial charge is 0.388 e. The molecule has 0 amide bonds. The van der Waals surface area contributed by atoms with E-state index in [2.05, 4.69) is 21.1 Å². The van der Waals surface area contributed by atoms with E-state index in [-0.39, 0.29) is 10.6 Å². The van der Waals surface area contributed by atoms with Crippen molar-refractivity contribution in [1.82, 2.24) is 0 Å². The monoisotopic (exact) mass is 512 g/mol. The van der Waals surface area contributed by atoms with E-state index in [1.54, 1.807) is 48.5 Å². The predicted molar refractivity (Wildman–Crippen MR) is 138 cm³/mol. The van der Waals surface area contributed by atoms with Crippen LogP contribution in [0.2, 0.25) is 0 Å². The third-order valence-corrected chi connectivity index (χ3v) is 6.27. The van der Waals surface area contributed by atoms with Crippen LogP contribution >= 0.6 is 0 Å². The molecule has 190 valence electrons. The highest BCUT2D eigenvalue weighted by Gasteiger charge is 2.30. The van der Waals surface area contributed by atoms with Gasteiger partial charge in [0, 0.05) is 0 Å². The summed E-state index contributed by atoms with van der Waals surface area (Å²) < 4.78 is 29.6. The Morgan fingerprint density at radius 3 is 2.03 bits per heavy atom. The van der Waals surface area contributed by atoms with Gasteiger partial charge in [0.1, 0.15) is 24.0 Å². The Bertz CT molecular complexity index is 1250. The summed E-state index contributed by atoms with van der Waals surface area (Å²) in [6, 6.07) is 23.8. The third-order valence-electron chi connectivity index (χ3n) is 4.98. The maximum atomic E-state index is 12.4. The van der Waals surface area contributed by atoms with Crippen molar-refractivity contribution in [3.8, 4) is 0 Å². The number of anilines is 2. The lowest BCUT2D eigenvalue weighted by Crippen LogP contribution is -2.45. The first-order valence-electron chi connectivity index (χ1n) is 11.0. The van der Waals surface area contributed by atoms with Gasteiger partial charge >= 0.3 is 0 Å². The van der Waals surface area contributed by atoms with Gasteiger partial charge in [-0.05, 0) is 43.3 Å². The highest BCUT2D eigenvalue weighted by molar-refractivity contribution is 7.86. The Morgan fingerprint density at radius 2 is 1.44 bits per heavy atom. The molecule has 5 N–H and O–H groups in total. The fraction of sp³-hybridized carbons (Fsp3) is 0.200. The summed E-state index contributed by atoms with van der Waals surface area (Å²) in [5.41, 5.74) is 7.52. The Labute approximate surface area is 209 Å². The normalized spacial score (nSPS) is 14.8. The Kier molecular flexibility index (Phi) is 9.68. The summed E-state index contributed by atoms with van der Waals surface area (Å²) in [6.45, 7) is 1.02. The summed E-state index contributed by atoms with van der Waals surface area (Å²) in [4.78, 5) is -0.0937. The summed E-state index contributed by atoms with van der Waals surface area (Å²) in [6.07, 6.45) is -4.15. The van der Waals surface area contributed by atoms with Crippen molar-refractivity contribution in [3.63, 3.8) is 0 Å². The van der Waals surface area contributed by atoms with Crippen LogP contribution in [0.5, 0.6) is 0 Å². The predicted octanol–water partition coefficient (Wildman–Crippen LogP) is 2.35. The van der Waals surface area contributed by atoms with Crippen molar-refractivity contribution in [1.29, 1.82) is 0 Å². The van der Waals surface area contributed by atoms with Crippen LogP contribution in [0, 0.1) is 6.92 Å². The van der Waals surface area contributed by atoms with Gasteiger partial charge in [0.25, 0.3) is 10.1 Å². The van der Waals surface area contributed by atoms with Crippen molar-refractivity contribution in [2.75, 3.05) is 17.5 Å². The molecule has 0 saturated heterocycles. The molecule has 0 heterocycles. The second-order valence-corrected chi connectivity index (χ2v) is 9.42. The van der Waals surface area contributed by atoms with Crippen LogP contribution < -0.4 is 10.9 Å². The second-order valence-electron chi connectivity index (χ2n) is 7.80. The number of hydrogen-bond acceptors (Lipinski definition) is 10. The number of nitrogens with zero attached hydrogens (tertiary/aromatic N) is 2. The first-order valence-corrected chi connectivity index (χ1v) is 12.4. The molecule has 3 rings (SSSR count). The molecule has 0 fully saturated rings. The van der Waals surface area contributed by atoms with E-state index in [9.17, 15) is 23.7 Å². The number of benzene rings is 3. The van der Waals surface area contributed by atoms with Gasteiger partial charge < -0.3 is 15.3 Å². The van der Waals surface area contributed by atoms with Crippen molar-refractivity contribution in [3.05, 3.63) is 90.5 Å². The molecule has 0 bridgehead atoms. The van der Waals surface area contributed by atoms with E-state index in [0.717, 1.165) is 5.56 Å². The number of aliphatic hydroxyl groups is 3. The summed E-state index contributed by atoms with van der Waals surface area (Å²) in [5, 5.41) is 39.7. The fourth-order valence-electron chi connectivity index (χ4n) is 2.92. The number of nitrogens with one attached hydrogen (secondary N) is 2. The lowest BCUT2D eigenvalue weighted by atomic mass is 10.0. The smallest absolute Gasteiger partial charge is 0.297 e. The van der Waals surface area contributed by atoms with Gasteiger partial charge in [-0.1, -0.05) is 54.1 Å². The van der Waals surface area contributed by atoms with Gasteiger partial charge in [-0.25, -0.2) is 0 Å². The van der Waals surface area contributed by atoms with Crippen LogP contribution in [-0.2, 0) is 14.3 Å². The maximum Gasteiger partial charge on any atom is 0.297 e. The zero-order valence-electron chi connectivity index (χ0n) is 19.5. The van der Waals surface area contributed by atoms with Crippen molar-refractivity contribution in [2.24, 2.45) is 10.2 Å². The van der Waals surface area contributed by atoms with Crippen LogP contribution in [0.15, 0.2) is 100 Å². The number of hydrazone groups is 2. The average molecular weight is 513 g/mol. The zero-order valence-corrected chi connectivity index (χ0v) is 20.3. The number of para-hydroxylation sites is 2.